The Kier molecular flexibility index (Phi) is 21.3. The maximum Gasteiger partial charge on any atom is 0.163 e. The van der Waals surface area contributed by atoms with Gasteiger partial charge in [-0.05, 0) is 206 Å². The average Bonchev–Trinajstić information content (AvgIpc) is 1.56. The lowest BCUT2D eigenvalue weighted by atomic mass is 10.0. The highest BCUT2D eigenvalue weighted by atomic mass is 15.1. The fourth-order valence-electron chi connectivity index (χ4n) is 19.7. The first-order chi connectivity index (χ1) is 68.9. The summed E-state index contributed by atoms with van der Waals surface area (Å²) in [6.45, 7) is 26.4. The minimum atomic E-state index is 0.385. The number of aryl methyl sites for hydroxylation is 14. The standard InChI is InChI=1S/C57H45N17.C57H39N11/c1-27-19-28(2)60-57(59-27)46-25-47(73-48-20-37(53-65-29(3)61-30(4)66-53)11-15-42(48)43-16-12-38(21-49(43)73)54-67-31(5)62-32(6)68-54)41(26-58)24-52(46)74-50-22-39(55-69-33(7)63-34(8)70-55)13-17-44(50)45-18-14-40(23-51(45)74)56-71-35(9)64-36(10)72-56;1-33-59-34(2)62-55(61-33)39-23-25-51-44(27-39)42-19-11-13-21-49(42)67(51)53-30-46(57-65-47(37-15-7-5-8-16-37)31-48(66-57)38-17-9-6-10-18-38)54(29-41(53)32-58)68-50-22-14-12-20-43(50)45-28-40(24-26-52(45)68)56-63-35(3)60-36(4)64-56/h11-25H,1-10H3;5-31H,1-4H3. The minimum Gasteiger partial charge on any atom is -0.308 e. The first-order valence-electron chi connectivity index (χ1n) is 46.3. The lowest BCUT2D eigenvalue weighted by Crippen LogP contribution is -2.06. The molecule has 12 aromatic carbocycles. The largest absolute Gasteiger partial charge is 0.308 e. The van der Waals surface area contributed by atoms with Crippen LogP contribution in [0.15, 0.2) is 255 Å². The van der Waals surface area contributed by atoms with Crippen LogP contribution in [-0.2, 0) is 0 Å². The Morgan fingerprint density at radius 3 is 0.732 bits per heavy atom. The Bertz CT molecular complexity index is 9120. The van der Waals surface area contributed by atoms with Gasteiger partial charge >= 0.3 is 0 Å². The number of aromatic nitrogens is 26. The third kappa shape index (κ3) is 15.7. The summed E-state index contributed by atoms with van der Waals surface area (Å²) in [7, 11) is 0. The van der Waals surface area contributed by atoms with Crippen molar-refractivity contribution in [1.29, 1.82) is 10.5 Å². The van der Waals surface area contributed by atoms with Crippen LogP contribution >= 0.6 is 0 Å². The molecule has 24 aromatic rings. The van der Waals surface area contributed by atoms with Gasteiger partial charge in [0.05, 0.1) is 89.4 Å². The molecule has 28 heteroatoms. The van der Waals surface area contributed by atoms with Crippen LogP contribution in [0.3, 0.4) is 0 Å². The van der Waals surface area contributed by atoms with Crippen LogP contribution in [0.2, 0.25) is 0 Å². The number of benzene rings is 12. The van der Waals surface area contributed by atoms with E-state index in [9.17, 15) is 10.5 Å². The lowest BCUT2D eigenvalue weighted by molar-refractivity contribution is 0.928. The molecule has 12 heterocycles. The molecule has 0 saturated carbocycles. The van der Waals surface area contributed by atoms with E-state index in [1.54, 1.807) is 0 Å². The Morgan fingerprint density at radius 1 is 0.176 bits per heavy atom. The molecule has 12 aromatic heterocycles. The second-order valence-electron chi connectivity index (χ2n) is 35.5. The lowest BCUT2D eigenvalue weighted by Gasteiger charge is -2.19. The Morgan fingerprint density at radius 2 is 0.423 bits per heavy atom. The molecule has 0 fully saturated rings. The van der Waals surface area contributed by atoms with Gasteiger partial charge in [-0.1, -0.05) is 146 Å². The van der Waals surface area contributed by atoms with Gasteiger partial charge in [0.2, 0.25) is 0 Å². The molecule has 0 saturated heterocycles. The highest BCUT2D eigenvalue weighted by Gasteiger charge is 2.30. The van der Waals surface area contributed by atoms with E-state index < -0.39 is 0 Å². The van der Waals surface area contributed by atoms with Crippen LogP contribution < -0.4 is 0 Å². The summed E-state index contributed by atoms with van der Waals surface area (Å²) >= 11 is 0. The van der Waals surface area contributed by atoms with Crippen molar-refractivity contribution in [3.63, 3.8) is 0 Å². The Hall–Kier alpha value is -19.0. The molecular formula is C114H84N28. The molecule has 0 atom stereocenters. The van der Waals surface area contributed by atoms with E-state index in [0.717, 1.165) is 166 Å². The first kappa shape index (κ1) is 87.1. The van der Waals surface area contributed by atoms with Crippen LogP contribution in [-0.4, -0.2) is 128 Å². The van der Waals surface area contributed by atoms with E-state index in [0.29, 0.717) is 150 Å². The van der Waals surface area contributed by atoms with Gasteiger partial charge in [0, 0.05) is 110 Å². The number of hydrogen-bond donors (Lipinski definition) is 0. The highest BCUT2D eigenvalue weighted by molar-refractivity contribution is 6.15. The monoisotopic (exact) mass is 1840 g/mol. The van der Waals surface area contributed by atoms with Gasteiger partial charge in [-0.3, -0.25) is 0 Å². The number of nitrogens with zero attached hydrogens (tertiary/aromatic N) is 28. The highest BCUT2D eigenvalue weighted by Crippen LogP contribution is 2.47. The third-order valence-corrected chi connectivity index (χ3v) is 25.3. The predicted octanol–water partition coefficient (Wildman–Crippen LogP) is 23.2. The summed E-state index contributed by atoms with van der Waals surface area (Å²) in [5, 5.41) is 30.9. The SMILES string of the molecule is Cc1cc(C)nc(-c2cc(-n3c4cc(-c5nc(C)nc(C)n5)ccc4c4ccc(-c5nc(C)nc(C)n5)cc43)c(C#N)cc2-n2c3cc(-c4nc(C)nc(C)n4)ccc3c3ccc(-c4nc(C)nc(C)n4)cc32)n1.Cc1nc(C)nc(-c2ccc3c(c2)c2ccccc2n3-c2cc(-c3nc(-c4ccccc4)cc(-c4ccccc4)n3)c(-n3c4ccccc4c4cc(-c5nc(C)nc(C)n5)ccc43)cc2C#N)n1. The van der Waals surface area contributed by atoms with Crippen molar-refractivity contribution in [3.05, 3.63) is 347 Å². The molecule has 0 unspecified atom stereocenters. The molecule has 142 heavy (non-hydrogen) atoms. The first-order valence-corrected chi connectivity index (χ1v) is 46.3. The van der Waals surface area contributed by atoms with Gasteiger partial charge in [0.15, 0.2) is 46.6 Å². The number of para-hydroxylation sites is 2. The van der Waals surface area contributed by atoms with Crippen LogP contribution in [0.5, 0.6) is 0 Å². The van der Waals surface area contributed by atoms with E-state index in [4.69, 9.17) is 79.7 Å². The number of fused-ring (bicyclic) bond motifs is 12. The van der Waals surface area contributed by atoms with E-state index in [1.807, 2.05) is 212 Å². The van der Waals surface area contributed by atoms with Crippen LogP contribution in [0.25, 0.3) is 224 Å². The second-order valence-corrected chi connectivity index (χ2v) is 35.5. The van der Waals surface area contributed by atoms with Crippen molar-refractivity contribution in [2.24, 2.45) is 0 Å². The maximum atomic E-state index is 11.6. The molecule has 28 nitrogen and oxygen atoms in total. The molecule has 0 radical (unpaired) electrons. The molecule has 0 N–H and O–H groups in total. The van der Waals surface area contributed by atoms with Crippen molar-refractivity contribution in [3.8, 4) is 149 Å². The third-order valence-electron chi connectivity index (χ3n) is 25.3. The van der Waals surface area contributed by atoms with Crippen LogP contribution in [0.1, 0.15) is 92.4 Å². The average molecular weight is 1850 g/mol. The van der Waals surface area contributed by atoms with Gasteiger partial charge in [0.25, 0.3) is 0 Å². The molecule has 0 aliphatic rings. The molecule has 0 bridgehead atoms. The van der Waals surface area contributed by atoms with Gasteiger partial charge in [0.1, 0.15) is 82.0 Å². The summed E-state index contributed by atoms with van der Waals surface area (Å²) in [6, 6.07) is 91.8. The zero-order valence-corrected chi connectivity index (χ0v) is 79.8. The molecule has 24 rings (SSSR count). The fraction of sp³-hybridized carbons (Fsp3) is 0.123. The van der Waals surface area contributed by atoms with E-state index in [1.165, 1.54) is 0 Å². The minimum absolute atomic E-state index is 0.385. The summed E-state index contributed by atoms with van der Waals surface area (Å²) in [4.78, 5) is 105. The maximum absolute atomic E-state index is 11.6. The number of rotatable bonds is 14. The number of nitriles is 2. The van der Waals surface area contributed by atoms with Crippen molar-refractivity contribution in [2.75, 3.05) is 0 Å². The molecule has 680 valence electrons. The van der Waals surface area contributed by atoms with Gasteiger partial charge in [-0.25, -0.2) is 110 Å². The van der Waals surface area contributed by atoms with Crippen molar-refractivity contribution in [2.45, 2.75) is 96.9 Å². The predicted molar refractivity (Wildman–Crippen MR) is 552 cm³/mol. The molecule has 0 spiro atoms. The van der Waals surface area contributed by atoms with E-state index in [2.05, 4.69) is 200 Å². The van der Waals surface area contributed by atoms with Gasteiger partial charge < -0.3 is 18.3 Å². The van der Waals surface area contributed by atoms with Crippen molar-refractivity contribution < 1.29 is 0 Å². The van der Waals surface area contributed by atoms with E-state index >= 15 is 0 Å². The zero-order valence-electron chi connectivity index (χ0n) is 79.8. The normalized spacial score (nSPS) is 11.6. The Labute approximate surface area is 813 Å². The Balaban J connectivity index is 0.000000158. The summed E-state index contributed by atoms with van der Waals surface area (Å²) in [6.07, 6.45) is 0. The summed E-state index contributed by atoms with van der Waals surface area (Å²) < 4.78 is 8.72. The number of hydrogen-bond acceptors (Lipinski definition) is 24. The van der Waals surface area contributed by atoms with Gasteiger partial charge in [-0.2, -0.15) is 10.5 Å². The van der Waals surface area contributed by atoms with Crippen molar-refractivity contribution in [1.82, 2.24) is 128 Å². The zero-order chi connectivity index (χ0) is 97.3. The topological polar surface area (TPSA) is 351 Å². The van der Waals surface area contributed by atoms with Crippen LogP contribution in [0.4, 0.5) is 0 Å². The van der Waals surface area contributed by atoms with Gasteiger partial charge in [-0.15, -0.1) is 0 Å². The van der Waals surface area contributed by atoms with Crippen LogP contribution in [0, 0.1) is 120 Å². The summed E-state index contributed by atoms with van der Waals surface area (Å²) in [5.74, 6) is 11.9. The second kappa shape index (κ2) is 34.7. The molecule has 0 amide bonds. The molecule has 0 aliphatic heterocycles. The summed E-state index contributed by atoms with van der Waals surface area (Å²) in [5.41, 5.74) is 22.0. The molecule has 0 aliphatic carbocycles. The fourth-order valence-corrected chi connectivity index (χ4v) is 19.7. The smallest absolute Gasteiger partial charge is 0.163 e. The van der Waals surface area contributed by atoms with E-state index in [-0.39, 0.29) is 0 Å². The quantitative estimate of drug-likeness (QED) is 0.0975. The molecular weight excluding hydrogens is 1760 g/mol. The van der Waals surface area contributed by atoms with Crippen molar-refractivity contribution >= 4 is 87.2 Å².